The molecule has 1 aromatic carbocycles. The summed E-state index contributed by atoms with van der Waals surface area (Å²) in [6.45, 7) is 0. The van der Waals surface area contributed by atoms with Gasteiger partial charge in [-0.1, -0.05) is 11.6 Å². The highest BCUT2D eigenvalue weighted by Crippen LogP contribution is 2.51. The van der Waals surface area contributed by atoms with E-state index in [4.69, 9.17) is 21.4 Å². The van der Waals surface area contributed by atoms with Crippen LogP contribution in [0.25, 0.3) is 0 Å². The normalized spacial score (nSPS) is 16.9. The van der Waals surface area contributed by atoms with Crippen molar-refractivity contribution in [2.75, 3.05) is 7.11 Å². The minimum absolute atomic E-state index is 0.104. The molecule has 2 N–H and O–H groups in total. The van der Waals surface area contributed by atoms with E-state index in [1.165, 1.54) is 13.2 Å². The number of phenolic OH excluding ortho intramolecular Hbond substituents is 1. The number of benzene rings is 1. The van der Waals surface area contributed by atoms with Crippen LogP contribution in [0.2, 0.25) is 5.02 Å². The molecule has 0 atom stereocenters. The zero-order valence-corrected chi connectivity index (χ0v) is 9.41. The second-order valence-electron chi connectivity index (χ2n) is 3.90. The van der Waals surface area contributed by atoms with E-state index in [2.05, 4.69) is 0 Å². The van der Waals surface area contributed by atoms with E-state index in [-0.39, 0.29) is 10.8 Å². The average Bonchev–Trinajstić information content (AvgIpc) is 3.02. The number of aliphatic carboxylic acids is 1. The van der Waals surface area contributed by atoms with E-state index in [0.29, 0.717) is 24.2 Å². The maximum absolute atomic E-state index is 11.1. The number of phenols is 1. The van der Waals surface area contributed by atoms with Gasteiger partial charge in [0.25, 0.3) is 0 Å². The Bertz CT molecular complexity index is 452. The first-order valence-corrected chi connectivity index (χ1v) is 5.19. The highest BCUT2D eigenvalue weighted by Gasteiger charge is 2.52. The lowest BCUT2D eigenvalue weighted by Crippen LogP contribution is -2.19. The van der Waals surface area contributed by atoms with E-state index in [0.717, 1.165) is 0 Å². The number of hydrogen-bond donors (Lipinski definition) is 2. The predicted molar refractivity (Wildman–Crippen MR) is 58.2 cm³/mol. The maximum Gasteiger partial charge on any atom is 0.314 e. The van der Waals surface area contributed by atoms with Gasteiger partial charge < -0.3 is 14.9 Å². The summed E-state index contributed by atoms with van der Waals surface area (Å²) in [4.78, 5) is 11.1. The Morgan fingerprint density at radius 2 is 2.12 bits per heavy atom. The molecule has 0 spiro atoms. The molecule has 4 nitrogen and oxygen atoms in total. The molecule has 5 heteroatoms. The fourth-order valence-corrected chi connectivity index (χ4v) is 1.95. The van der Waals surface area contributed by atoms with Crippen LogP contribution in [0.1, 0.15) is 18.4 Å². The molecule has 1 aliphatic rings. The van der Waals surface area contributed by atoms with Gasteiger partial charge in [-0.2, -0.15) is 0 Å². The van der Waals surface area contributed by atoms with E-state index in [1.807, 2.05) is 0 Å². The van der Waals surface area contributed by atoms with Gasteiger partial charge in [0.15, 0.2) is 0 Å². The highest BCUT2D eigenvalue weighted by atomic mass is 35.5. The van der Waals surface area contributed by atoms with Crippen LogP contribution in [0.4, 0.5) is 0 Å². The van der Waals surface area contributed by atoms with Crippen LogP contribution in [0.3, 0.4) is 0 Å². The molecular weight excluding hydrogens is 232 g/mol. The molecule has 16 heavy (non-hydrogen) atoms. The van der Waals surface area contributed by atoms with E-state index in [9.17, 15) is 9.90 Å². The maximum atomic E-state index is 11.1. The lowest BCUT2D eigenvalue weighted by Gasteiger charge is -2.13. The quantitative estimate of drug-likeness (QED) is 0.853. The molecule has 1 aliphatic carbocycles. The van der Waals surface area contributed by atoms with Gasteiger partial charge >= 0.3 is 5.97 Å². The van der Waals surface area contributed by atoms with Crippen LogP contribution >= 0.6 is 11.6 Å². The standard InChI is InChI=1S/C11H11ClO4/c1-16-8-5-6(4-7(13)9(8)12)11(2-3-11)10(14)15/h4-5,13H,2-3H2,1H3,(H,14,15). The van der Waals surface area contributed by atoms with Crippen LogP contribution in [0.15, 0.2) is 12.1 Å². The number of carboxylic acid groups (broad SMARTS) is 1. The van der Waals surface area contributed by atoms with Crippen LogP contribution in [-0.4, -0.2) is 23.3 Å². The van der Waals surface area contributed by atoms with E-state index in [1.54, 1.807) is 6.07 Å². The fraction of sp³-hybridized carbons (Fsp3) is 0.364. The van der Waals surface area contributed by atoms with E-state index < -0.39 is 11.4 Å². The summed E-state index contributed by atoms with van der Waals surface area (Å²) >= 11 is 5.79. The summed E-state index contributed by atoms with van der Waals surface area (Å²) < 4.78 is 4.98. The van der Waals surface area contributed by atoms with Crippen molar-refractivity contribution in [3.63, 3.8) is 0 Å². The van der Waals surface area contributed by atoms with Crippen LogP contribution in [-0.2, 0) is 10.2 Å². The number of carboxylic acids is 1. The van der Waals surface area contributed by atoms with Crippen molar-refractivity contribution in [2.24, 2.45) is 0 Å². The van der Waals surface area contributed by atoms with Gasteiger partial charge in [0.05, 0.1) is 12.5 Å². The first-order chi connectivity index (χ1) is 7.51. The number of ether oxygens (including phenoxy) is 1. The molecule has 0 bridgehead atoms. The third-order valence-corrected chi connectivity index (χ3v) is 3.33. The SMILES string of the molecule is COc1cc(C2(C(=O)O)CC2)cc(O)c1Cl. The molecule has 1 saturated carbocycles. The van der Waals surface area contributed by atoms with Gasteiger partial charge in [-0.15, -0.1) is 0 Å². The molecular formula is C11H11ClO4. The van der Waals surface area contributed by atoms with Gasteiger partial charge in [0.2, 0.25) is 0 Å². The first kappa shape index (κ1) is 11.1. The van der Waals surface area contributed by atoms with Crippen molar-refractivity contribution in [3.05, 3.63) is 22.7 Å². The lowest BCUT2D eigenvalue weighted by atomic mass is 9.95. The predicted octanol–water partition coefficient (Wildman–Crippen LogP) is 2.17. The van der Waals surface area contributed by atoms with Crippen molar-refractivity contribution in [2.45, 2.75) is 18.3 Å². The van der Waals surface area contributed by atoms with Gasteiger partial charge in [-0.05, 0) is 30.5 Å². The molecule has 86 valence electrons. The second kappa shape index (κ2) is 3.56. The van der Waals surface area contributed by atoms with Gasteiger partial charge in [-0.3, -0.25) is 4.79 Å². The third-order valence-electron chi connectivity index (χ3n) is 2.95. The summed E-state index contributed by atoms with van der Waals surface area (Å²) in [5, 5.41) is 18.8. The Morgan fingerprint density at radius 3 is 2.56 bits per heavy atom. The van der Waals surface area contributed by atoms with Gasteiger partial charge in [0, 0.05) is 0 Å². The Hall–Kier alpha value is -1.42. The topological polar surface area (TPSA) is 66.8 Å². The van der Waals surface area contributed by atoms with Crippen molar-refractivity contribution in [1.82, 2.24) is 0 Å². The minimum atomic E-state index is -0.878. The summed E-state index contributed by atoms with van der Waals surface area (Å²) in [7, 11) is 1.42. The molecule has 0 saturated heterocycles. The number of halogens is 1. The average molecular weight is 243 g/mol. The van der Waals surface area contributed by atoms with Crippen LogP contribution in [0.5, 0.6) is 11.5 Å². The smallest absolute Gasteiger partial charge is 0.314 e. The fourth-order valence-electron chi connectivity index (χ4n) is 1.76. The summed E-state index contributed by atoms with van der Waals surface area (Å²) in [6, 6.07) is 2.97. The number of carbonyl (C=O) groups is 1. The number of methoxy groups -OCH3 is 1. The van der Waals surface area contributed by atoms with Crippen molar-refractivity contribution in [3.8, 4) is 11.5 Å². The largest absolute Gasteiger partial charge is 0.506 e. The van der Waals surface area contributed by atoms with Crippen molar-refractivity contribution >= 4 is 17.6 Å². The van der Waals surface area contributed by atoms with Crippen LogP contribution < -0.4 is 4.74 Å². The molecule has 2 rings (SSSR count). The van der Waals surface area contributed by atoms with E-state index >= 15 is 0 Å². The Kier molecular flexibility index (Phi) is 2.46. The molecule has 0 unspecified atom stereocenters. The number of rotatable bonds is 3. The second-order valence-corrected chi connectivity index (χ2v) is 4.28. The monoisotopic (exact) mass is 242 g/mol. The summed E-state index contributed by atoms with van der Waals surface area (Å²) in [6.07, 6.45) is 1.15. The van der Waals surface area contributed by atoms with Crippen molar-refractivity contribution in [1.29, 1.82) is 0 Å². The summed E-state index contributed by atoms with van der Waals surface area (Å²) in [5.74, 6) is -0.732. The molecule has 0 aromatic heterocycles. The molecule has 0 aliphatic heterocycles. The molecule has 0 radical (unpaired) electrons. The summed E-state index contributed by atoms with van der Waals surface area (Å²) in [5.41, 5.74) is -0.325. The number of hydrogen-bond acceptors (Lipinski definition) is 3. The molecule has 1 aromatic rings. The first-order valence-electron chi connectivity index (χ1n) is 4.81. The third kappa shape index (κ3) is 1.50. The van der Waals surface area contributed by atoms with Crippen molar-refractivity contribution < 1.29 is 19.7 Å². The molecule has 1 fully saturated rings. The molecule has 0 amide bonds. The lowest BCUT2D eigenvalue weighted by molar-refractivity contribution is -0.140. The number of aromatic hydroxyl groups is 1. The molecule has 0 heterocycles. The Morgan fingerprint density at radius 1 is 1.50 bits per heavy atom. The zero-order chi connectivity index (χ0) is 11.9. The minimum Gasteiger partial charge on any atom is -0.506 e. The highest BCUT2D eigenvalue weighted by molar-refractivity contribution is 6.33. The van der Waals surface area contributed by atoms with Gasteiger partial charge in [0.1, 0.15) is 16.5 Å². The Balaban J connectivity index is 2.51. The Labute approximate surface area is 97.4 Å². The van der Waals surface area contributed by atoms with Crippen LogP contribution in [0, 0.1) is 0 Å². The van der Waals surface area contributed by atoms with Gasteiger partial charge in [-0.25, -0.2) is 0 Å². The zero-order valence-electron chi connectivity index (χ0n) is 8.66.